The van der Waals surface area contributed by atoms with Crippen LogP contribution in [0.5, 0.6) is 0 Å². The number of aliphatic imine (C=N–C) groups is 2. The molecule has 0 fully saturated rings. The van der Waals surface area contributed by atoms with Crippen LogP contribution in [0.2, 0.25) is 0 Å². The van der Waals surface area contributed by atoms with Crippen LogP contribution in [-0.4, -0.2) is 11.8 Å². The van der Waals surface area contributed by atoms with Crippen molar-refractivity contribution in [3.8, 4) is 22.3 Å². The summed E-state index contributed by atoms with van der Waals surface area (Å²) in [5.74, 6) is 1.92. The Hall–Kier alpha value is -5.48. The maximum Gasteiger partial charge on any atom is 0.211 e. The molecule has 4 nitrogen and oxygen atoms in total. The van der Waals surface area contributed by atoms with E-state index in [1.807, 2.05) is 12.1 Å². The monoisotopic (exact) mass is 580 g/mol. The van der Waals surface area contributed by atoms with Crippen molar-refractivity contribution in [1.82, 2.24) is 5.32 Å². The minimum Gasteiger partial charge on any atom is -0.310 e. The van der Waals surface area contributed by atoms with Crippen molar-refractivity contribution in [1.29, 1.82) is 0 Å². The van der Waals surface area contributed by atoms with Gasteiger partial charge in [0.05, 0.1) is 5.69 Å². The second kappa shape index (κ2) is 10.6. The summed E-state index contributed by atoms with van der Waals surface area (Å²) in [6.45, 7) is 0. The zero-order valence-corrected chi connectivity index (χ0v) is 24.9. The van der Waals surface area contributed by atoms with Crippen LogP contribution in [0.25, 0.3) is 22.3 Å². The first-order valence-electron chi connectivity index (χ1n) is 15.9. The summed E-state index contributed by atoms with van der Waals surface area (Å²) in [6.07, 6.45) is 9.50. The molecule has 45 heavy (non-hydrogen) atoms. The van der Waals surface area contributed by atoms with Crippen LogP contribution >= 0.6 is 0 Å². The van der Waals surface area contributed by atoms with Gasteiger partial charge in [0.1, 0.15) is 5.84 Å². The van der Waals surface area contributed by atoms with Gasteiger partial charge in [-0.2, -0.15) is 0 Å². The van der Waals surface area contributed by atoms with E-state index in [4.69, 9.17) is 9.98 Å². The Bertz CT molecular complexity index is 2070. The molecule has 0 aromatic heterocycles. The van der Waals surface area contributed by atoms with Crippen molar-refractivity contribution in [3.63, 3.8) is 0 Å². The summed E-state index contributed by atoms with van der Waals surface area (Å²) in [5, 5.41) is 3.67. The van der Waals surface area contributed by atoms with Crippen LogP contribution < -0.4 is 10.2 Å². The number of allylic oxidation sites excluding steroid dienone is 4. The van der Waals surface area contributed by atoms with E-state index in [-0.39, 0.29) is 12.1 Å². The Balaban J connectivity index is 1.20. The molecular formula is C41H32N4. The number of hydrogen-bond donors (Lipinski definition) is 1. The first-order valence-corrected chi connectivity index (χ1v) is 15.9. The van der Waals surface area contributed by atoms with Crippen LogP contribution in [0, 0.1) is 0 Å². The van der Waals surface area contributed by atoms with E-state index < -0.39 is 0 Å². The molecule has 0 saturated carbocycles. The fourth-order valence-corrected chi connectivity index (χ4v) is 7.40. The van der Waals surface area contributed by atoms with Gasteiger partial charge in [-0.25, -0.2) is 9.98 Å². The first-order chi connectivity index (χ1) is 22.3. The lowest BCUT2D eigenvalue weighted by Crippen LogP contribution is -2.46. The molecule has 2 atom stereocenters. The Kier molecular flexibility index (Phi) is 6.12. The number of anilines is 1. The van der Waals surface area contributed by atoms with Crippen LogP contribution in [0.1, 0.15) is 46.3 Å². The molecule has 4 aliphatic rings. The summed E-state index contributed by atoms with van der Waals surface area (Å²) in [5.41, 5.74) is 14.0. The van der Waals surface area contributed by atoms with Gasteiger partial charge in [0.25, 0.3) is 0 Å². The largest absolute Gasteiger partial charge is 0.310 e. The van der Waals surface area contributed by atoms with E-state index in [0.717, 1.165) is 42.2 Å². The highest BCUT2D eigenvalue weighted by Crippen LogP contribution is 2.50. The maximum atomic E-state index is 5.28. The number of amidine groups is 1. The van der Waals surface area contributed by atoms with E-state index in [9.17, 15) is 0 Å². The zero-order valence-electron chi connectivity index (χ0n) is 24.9. The number of nitrogens with zero attached hydrogens (tertiary/aromatic N) is 3. The predicted octanol–water partition coefficient (Wildman–Crippen LogP) is 8.97. The maximum absolute atomic E-state index is 5.28. The average Bonchev–Trinajstić information content (AvgIpc) is 3.45. The summed E-state index contributed by atoms with van der Waals surface area (Å²) < 4.78 is 0. The number of hydrogen-bond acceptors (Lipinski definition) is 4. The van der Waals surface area contributed by atoms with Crippen LogP contribution in [0.4, 0.5) is 5.69 Å². The molecule has 2 aliphatic heterocycles. The fourth-order valence-electron chi connectivity index (χ4n) is 7.40. The standard InChI is InChI=1S/C41H32N4/c1-3-13-29(14-4-1)39-42-40(30-15-5-2-6-16-30)44-41(43-39)45-36-21-10-9-19-34(36)35-25-24-31(26-37(35)45)33-20-11-17-28-23-22-27-12-7-8-18-32(27)38(28)33/h1-18,20-21,24-26,34,39H,19,22-23H2,(H,42,43,44)/t34-,39?/m1/s1. The van der Waals surface area contributed by atoms with E-state index in [1.165, 1.54) is 50.3 Å². The van der Waals surface area contributed by atoms with Gasteiger partial charge in [-0.05, 0) is 75.9 Å². The van der Waals surface area contributed by atoms with Gasteiger partial charge in [0.15, 0.2) is 6.17 Å². The lowest BCUT2D eigenvalue weighted by Gasteiger charge is -2.30. The van der Waals surface area contributed by atoms with E-state index in [0.29, 0.717) is 0 Å². The molecular weight excluding hydrogens is 548 g/mol. The smallest absolute Gasteiger partial charge is 0.211 e. The third-order valence-electron chi connectivity index (χ3n) is 9.53. The van der Waals surface area contributed by atoms with Gasteiger partial charge < -0.3 is 5.32 Å². The topological polar surface area (TPSA) is 40.0 Å². The highest BCUT2D eigenvalue weighted by Gasteiger charge is 2.38. The Morgan fingerprint density at radius 2 is 1.42 bits per heavy atom. The van der Waals surface area contributed by atoms with E-state index in [2.05, 4.69) is 138 Å². The van der Waals surface area contributed by atoms with Gasteiger partial charge in [0.2, 0.25) is 5.96 Å². The number of benzene rings is 5. The van der Waals surface area contributed by atoms with E-state index >= 15 is 0 Å². The number of aryl methyl sites for hydroxylation is 2. The van der Waals surface area contributed by atoms with Gasteiger partial charge in [-0.15, -0.1) is 0 Å². The molecule has 1 N–H and O–H groups in total. The Labute approximate surface area is 263 Å². The Morgan fingerprint density at radius 1 is 0.667 bits per heavy atom. The predicted molar refractivity (Wildman–Crippen MR) is 185 cm³/mol. The molecule has 216 valence electrons. The van der Waals surface area contributed by atoms with Gasteiger partial charge in [-0.1, -0.05) is 127 Å². The quantitative estimate of drug-likeness (QED) is 0.231. The third-order valence-corrected chi connectivity index (χ3v) is 9.53. The average molecular weight is 581 g/mol. The number of guanidine groups is 1. The highest BCUT2D eigenvalue weighted by atomic mass is 15.4. The fraction of sp³-hybridized carbons (Fsp3) is 0.122. The molecule has 0 amide bonds. The van der Waals surface area contributed by atoms with Crippen molar-refractivity contribution in [2.75, 3.05) is 4.90 Å². The van der Waals surface area contributed by atoms with Crippen LogP contribution in [-0.2, 0) is 12.8 Å². The molecule has 0 saturated heterocycles. The number of fused-ring (bicyclic) bond motifs is 6. The van der Waals surface area contributed by atoms with Crippen molar-refractivity contribution in [3.05, 3.63) is 173 Å². The normalized spacial score (nSPS) is 19.3. The molecule has 2 aliphatic carbocycles. The third kappa shape index (κ3) is 4.36. The summed E-state index contributed by atoms with van der Waals surface area (Å²) in [4.78, 5) is 12.7. The second-order valence-electron chi connectivity index (χ2n) is 12.1. The highest BCUT2D eigenvalue weighted by molar-refractivity contribution is 6.16. The molecule has 1 unspecified atom stereocenters. The van der Waals surface area contributed by atoms with Crippen molar-refractivity contribution < 1.29 is 0 Å². The molecule has 4 heteroatoms. The summed E-state index contributed by atoms with van der Waals surface area (Å²) >= 11 is 0. The van der Waals surface area contributed by atoms with Crippen molar-refractivity contribution in [2.24, 2.45) is 9.98 Å². The zero-order chi connectivity index (χ0) is 29.7. The molecule has 2 heterocycles. The van der Waals surface area contributed by atoms with Crippen LogP contribution in [0.3, 0.4) is 0 Å². The minimum absolute atomic E-state index is 0.281. The van der Waals surface area contributed by atoms with Crippen LogP contribution in [0.15, 0.2) is 155 Å². The summed E-state index contributed by atoms with van der Waals surface area (Å²) in [6, 6.07) is 43.5. The first kappa shape index (κ1) is 26.0. The Morgan fingerprint density at radius 3 is 2.31 bits per heavy atom. The molecule has 5 aromatic carbocycles. The number of rotatable bonds is 3. The number of nitrogens with one attached hydrogen (secondary N) is 1. The molecule has 0 spiro atoms. The lowest BCUT2D eigenvalue weighted by atomic mass is 9.81. The lowest BCUT2D eigenvalue weighted by molar-refractivity contribution is 0.745. The van der Waals surface area contributed by atoms with E-state index in [1.54, 1.807) is 0 Å². The SMILES string of the molecule is C1=CC[C@H]2C(=C1)N(C1=NC(c3ccccc3)N=C(c3ccccc3)N1)c1cc(-c3cccc4c3-c3ccccc3CC4)ccc12. The van der Waals surface area contributed by atoms with Crippen molar-refractivity contribution >= 4 is 17.5 Å². The van der Waals surface area contributed by atoms with Gasteiger partial charge >= 0.3 is 0 Å². The summed E-state index contributed by atoms with van der Waals surface area (Å²) in [7, 11) is 0. The second-order valence-corrected chi connectivity index (χ2v) is 12.1. The molecule has 0 radical (unpaired) electrons. The van der Waals surface area contributed by atoms with Gasteiger partial charge in [-0.3, -0.25) is 4.90 Å². The molecule has 9 rings (SSSR count). The molecule has 0 bridgehead atoms. The van der Waals surface area contributed by atoms with Gasteiger partial charge in [0, 0.05) is 17.2 Å². The molecule has 5 aromatic rings. The minimum atomic E-state index is -0.347. The van der Waals surface area contributed by atoms with Crippen molar-refractivity contribution in [2.45, 2.75) is 31.3 Å².